The normalized spacial score (nSPS) is 11.0. The Morgan fingerprint density at radius 3 is 2.76 bits per heavy atom. The van der Waals surface area contributed by atoms with Gasteiger partial charge in [-0.2, -0.15) is 0 Å². The van der Waals surface area contributed by atoms with Crippen LogP contribution in [0.2, 0.25) is 0 Å². The molecular weight excluding hydrogens is 262 g/mol. The summed E-state index contributed by atoms with van der Waals surface area (Å²) in [7, 11) is 1.68. The molecule has 3 heteroatoms. The highest BCUT2D eigenvalue weighted by Gasteiger charge is 2.13. The minimum atomic E-state index is 0.620. The van der Waals surface area contributed by atoms with Crippen molar-refractivity contribution in [3.8, 4) is 5.75 Å². The zero-order valence-electron chi connectivity index (χ0n) is 12.1. The van der Waals surface area contributed by atoms with Gasteiger partial charge in [-0.05, 0) is 36.7 Å². The molecule has 108 valence electrons. The first-order valence-corrected chi connectivity index (χ1v) is 7.14. The molecular formula is C18H19NO2. The Kier molecular flexibility index (Phi) is 3.93. The molecule has 0 bridgehead atoms. The number of nitrogens with two attached hydrogens (primary N) is 1. The first kappa shape index (κ1) is 13.7. The summed E-state index contributed by atoms with van der Waals surface area (Å²) in [5.74, 6) is 1.86. The van der Waals surface area contributed by atoms with Crippen LogP contribution in [0.4, 0.5) is 0 Å². The number of ether oxygens (including phenoxy) is 1. The number of hydrogen-bond donors (Lipinski definition) is 1. The van der Waals surface area contributed by atoms with Gasteiger partial charge in [-0.3, -0.25) is 0 Å². The van der Waals surface area contributed by atoms with Crippen LogP contribution in [0.1, 0.15) is 16.9 Å². The summed E-state index contributed by atoms with van der Waals surface area (Å²) in [6.45, 7) is 0.620. The second kappa shape index (κ2) is 6.02. The molecule has 3 nitrogen and oxygen atoms in total. The second-order valence-electron chi connectivity index (χ2n) is 5.07. The van der Waals surface area contributed by atoms with Crippen LogP contribution >= 0.6 is 0 Å². The van der Waals surface area contributed by atoms with E-state index in [9.17, 15) is 0 Å². The molecule has 0 amide bonds. The van der Waals surface area contributed by atoms with Gasteiger partial charge >= 0.3 is 0 Å². The van der Waals surface area contributed by atoms with Crippen molar-refractivity contribution in [1.82, 2.24) is 0 Å². The Balaban J connectivity index is 2.00. The van der Waals surface area contributed by atoms with Crippen LogP contribution in [0.15, 0.2) is 52.9 Å². The Morgan fingerprint density at radius 2 is 1.95 bits per heavy atom. The van der Waals surface area contributed by atoms with Gasteiger partial charge in [0.05, 0.1) is 7.11 Å². The predicted octanol–water partition coefficient (Wildman–Crippen LogP) is 3.53. The molecule has 0 unspecified atom stereocenters. The van der Waals surface area contributed by atoms with E-state index >= 15 is 0 Å². The van der Waals surface area contributed by atoms with E-state index in [0.29, 0.717) is 6.54 Å². The van der Waals surface area contributed by atoms with Gasteiger partial charge in [0, 0.05) is 17.4 Å². The minimum absolute atomic E-state index is 0.620. The van der Waals surface area contributed by atoms with Gasteiger partial charge in [0.2, 0.25) is 0 Å². The van der Waals surface area contributed by atoms with E-state index in [1.54, 1.807) is 7.11 Å². The zero-order valence-corrected chi connectivity index (χ0v) is 12.1. The summed E-state index contributed by atoms with van der Waals surface area (Å²) >= 11 is 0. The summed E-state index contributed by atoms with van der Waals surface area (Å²) in [6, 6.07) is 16.2. The maximum Gasteiger partial charge on any atom is 0.134 e. The molecule has 1 heterocycles. The number of benzene rings is 2. The lowest BCUT2D eigenvalue weighted by Crippen LogP contribution is -2.04. The van der Waals surface area contributed by atoms with E-state index in [1.807, 2.05) is 36.4 Å². The molecule has 0 fully saturated rings. The highest BCUT2D eigenvalue weighted by molar-refractivity contribution is 5.82. The smallest absolute Gasteiger partial charge is 0.134 e. The van der Waals surface area contributed by atoms with Crippen molar-refractivity contribution in [2.24, 2.45) is 5.73 Å². The number of methoxy groups -OCH3 is 1. The summed E-state index contributed by atoms with van der Waals surface area (Å²) in [5, 5.41) is 1.17. The molecule has 2 N–H and O–H groups in total. The molecule has 2 aromatic carbocycles. The number of fused-ring (bicyclic) bond motifs is 1. The van der Waals surface area contributed by atoms with Crippen molar-refractivity contribution in [3.05, 3.63) is 65.4 Å². The number of para-hydroxylation sites is 1. The van der Waals surface area contributed by atoms with Crippen molar-refractivity contribution >= 4 is 11.0 Å². The highest BCUT2D eigenvalue weighted by Crippen LogP contribution is 2.28. The molecule has 0 saturated heterocycles. The molecule has 3 aromatic rings. The average molecular weight is 281 g/mol. The Hall–Kier alpha value is -2.26. The Bertz CT molecular complexity index is 746. The fraction of sp³-hybridized carbons (Fsp3) is 0.222. The third-order valence-corrected chi connectivity index (χ3v) is 3.68. The van der Waals surface area contributed by atoms with Gasteiger partial charge in [-0.15, -0.1) is 0 Å². The monoisotopic (exact) mass is 281 g/mol. The first-order valence-electron chi connectivity index (χ1n) is 7.14. The van der Waals surface area contributed by atoms with E-state index in [2.05, 4.69) is 12.1 Å². The number of furan rings is 1. The molecule has 0 aliphatic carbocycles. The lowest BCUT2D eigenvalue weighted by atomic mass is 10.0. The van der Waals surface area contributed by atoms with Gasteiger partial charge < -0.3 is 14.9 Å². The van der Waals surface area contributed by atoms with Gasteiger partial charge in [-0.1, -0.05) is 30.3 Å². The first-order chi connectivity index (χ1) is 10.3. The lowest BCUT2D eigenvalue weighted by molar-refractivity contribution is 0.414. The van der Waals surface area contributed by atoms with Crippen LogP contribution in [-0.4, -0.2) is 13.7 Å². The molecule has 0 atom stereocenters. The number of rotatable bonds is 5. The third kappa shape index (κ3) is 2.78. The molecule has 0 spiro atoms. The summed E-state index contributed by atoms with van der Waals surface area (Å²) in [4.78, 5) is 0. The fourth-order valence-electron chi connectivity index (χ4n) is 2.68. The van der Waals surface area contributed by atoms with Crippen molar-refractivity contribution in [1.29, 1.82) is 0 Å². The topological polar surface area (TPSA) is 48.4 Å². The van der Waals surface area contributed by atoms with Gasteiger partial charge in [0.1, 0.15) is 17.1 Å². The Morgan fingerprint density at radius 1 is 1.10 bits per heavy atom. The van der Waals surface area contributed by atoms with Crippen LogP contribution in [0.5, 0.6) is 5.75 Å². The minimum Gasteiger partial charge on any atom is -0.497 e. The van der Waals surface area contributed by atoms with Crippen molar-refractivity contribution in [2.45, 2.75) is 12.8 Å². The second-order valence-corrected chi connectivity index (χ2v) is 5.07. The maximum absolute atomic E-state index is 6.03. The highest BCUT2D eigenvalue weighted by atomic mass is 16.5. The standard InChI is InChI=1S/C18H19NO2/c1-20-14-6-4-5-13(11-14)12-18-16(9-10-19)15-7-2-3-8-17(15)21-18/h2-8,11H,9-10,12,19H2,1H3. The van der Waals surface area contributed by atoms with E-state index in [-0.39, 0.29) is 0 Å². The van der Waals surface area contributed by atoms with E-state index in [0.717, 1.165) is 29.9 Å². The average Bonchev–Trinajstić information content (AvgIpc) is 2.86. The van der Waals surface area contributed by atoms with Crippen molar-refractivity contribution in [2.75, 3.05) is 13.7 Å². The maximum atomic E-state index is 6.03. The van der Waals surface area contributed by atoms with Crippen LogP contribution in [0, 0.1) is 0 Å². The summed E-state index contributed by atoms with van der Waals surface area (Å²) < 4.78 is 11.3. The lowest BCUT2D eigenvalue weighted by Gasteiger charge is -2.05. The largest absolute Gasteiger partial charge is 0.497 e. The zero-order chi connectivity index (χ0) is 14.7. The predicted molar refractivity (Wildman–Crippen MR) is 84.8 cm³/mol. The quantitative estimate of drug-likeness (QED) is 0.778. The van der Waals surface area contributed by atoms with E-state index in [1.165, 1.54) is 16.5 Å². The van der Waals surface area contributed by atoms with Crippen molar-refractivity contribution in [3.63, 3.8) is 0 Å². The third-order valence-electron chi connectivity index (χ3n) is 3.68. The molecule has 3 rings (SSSR count). The summed E-state index contributed by atoms with van der Waals surface area (Å²) in [5.41, 5.74) is 9.08. The number of hydrogen-bond acceptors (Lipinski definition) is 3. The Labute approximate surface area is 124 Å². The molecule has 0 radical (unpaired) electrons. The van der Waals surface area contributed by atoms with Gasteiger partial charge in [-0.25, -0.2) is 0 Å². The van der Waals surface area contributed by atoms with Crippen LogP contribution < -0.4 is 10.5 Å². The molecule has 0 aliphatic heterocycles. The summed E-state index contributed by atoms with van der Waals surface area (Å²) in [6.07, 6.45) is 1.58. The molecule has 0 saturated carbocycles. The van der Waals surface area contributed by atoms with Crippen LogP contribution in [0.25, 0.3) is 11.0 Å². The van der Waals surface area contributed by atoms with Crippen molar-refractivity contribution < 1.29 is 9.15 Å². The molecule has 1 aromatic heterocycles. The van der Waals surface area contributed by atoms with E-state index < -0.39 is 0 Å². The van der Waals surface area contributed by atoms with E-state index in [4.69, 9.17) is 14.9 Å². The van der Waals surface area contributed by atoms with Crippen LogP contribution in [-0.2, 0) is 12.8 Å². The fourth-order valence-corrected chi connectivity index (χ4v) is 2.68. The molecule has 21 heavy (non-hydrogen) atoms. The van der Waals surface area contributed by atoms with Gasteiger partial charge in [0.15, 0.2) is 0 Å². The van der Waals surface area contributed by atoms with Gasteiger partial charge in [0.25, 0.3) is 0 Å². The molecule has 0 aliphatic rings. The SMILES string of the molecule is COc1cccc(Cc2oc3ccccc3c2CCN)c1. The van der Waals surface area contributed by atoms with Crippen LogP contribution in [0.3, 0.4) is 0 Å².